The van der Waals surface area contributed by atoms with Gasteiger partial charge in [-0.1, -0.05) is 0 Å². The lowest BCUT2D eigenvalue weighted by Gasteiger charge is -2.42. The van der Waals surface area contributed by atoms with E-state index in [1.807, 2.05) is 0 Å². The summed E-state index contributed by atoms with van der Waals surface area (Å²) in [6, 6.07) is -0.820. The number of nitrogens with one attached hydrogen (secondary N) is 1. The van der Waals surface area contributed by atoms with Crippen LogP contribution in [0.15, 0.2) is 6.20 Å². The zero-order valence-electron chi connectivity index (χ0n) is 12.9. The Morgan fingerprint density at radius 3 is 3.00 bits per heavy atom. The number of amides is 1. The van der Waals surface area contributed by atoms with Gasteiger partial charge in [-0.05, 0) is 19.3 Å². The molecule has 3 rings (SSSR count). The Bertz CT molecular complexity index is 569. The van der Waals surface area contributed by atoms with Crippen LogP contribution in [-0.4, -0.2) is 71.6 Å². The van der Waals surface area contributed by atoms with Gasteiger partial charge in [-0.15, -0.1) is 0 Å². The first-order chi connectivity index (χ1) is 11.1. The quantitative estimate of drug-likeness (QED) is 0.717. The van der Waals surface area contributed by atoms with Crippen molar-refractivity contribution in [3.63, 3.8) is 0 Å². The first-order valence-corrected chi connectivity index (χ1v) is 8.65. The van der Waals surface area contributed by atoms with Crippen molar-refractivity contribution in [3.05, 3.63) is 11.9 Å². The molecule has 10 heteroatoms. The van der Waals surface area contributed by atoms with Crippen LogP contribution in [0.25, 0.3) is 0 Å². The molecule has 2 bridgehead atoms. The highest BCUT2D eigenvalue weighted by Crippen LogP contribution is 2.34. The molecule has 4 atom stereocenters. The van der Waals surface area contributed by atoms with E-state index in [9.17, 15) is 13.6 Å². The Hall–Kier alpha value is -1.36. The number of hydrogen-bond acceptors (Lipinski definition) is 6. The second-order valence-corrected chi connectivity index (χ2v) is 6.84. The van der Waals surface area contributed by atoms with E-state index in [4.69, 9.17) is 4.74 Å². The van der Waals surface area contributed by atoms with Gasteiger partial charge in [0.15, 0.2) is 0 Å². The summed E-state index contributed by atoms with van der Waals surface area (Å²) in [6.07, 6.45) is 3.72. The van der Waals surface area contributed by atoms with Crippen molar-refractivity contribution >= 4 is 17.2 Å². The number of carbonyl (C=O) groups is 1. The van der Waals surface area contributed by atoms with Crippen LogP contribution in [0, 0.1) is 5.92 Å². The maximum absolute atomic E-state index is 12.9. The minimum absolute atomic E-state index is 0.0564. The van der Waals surface area contributed by atoms with Crippen LogP contribution in [0.5, 0.6) is 0 Å². The summed E-state index contributed by atoms with van der Waals surface area (Å²) in [5.41, 5.74) is 0.653. The molecule has 1 N–H and O–H groups in total. The number of fused-ring (bicyclic) bond motifs is 2. The average molecular weight is 342 g/mol. The van der Waals surface area contributed by atoms with E-state index in [2.05, 4.69) is 15.4 Å². The molecule has 1 amide bonds. The molecule has 0 aliphatic carbocycles. The first-order valence-electron chi connectivity index (χ1n) is 7.62. The topological polar surface area (TPSA) is 114 Å². The average Bonchev–Trinajstić information content (AvgIpc) is 3.03. The Labute approximate surface area is 136 Å². The van der Waals surface area contributed by atoms with Gasteiger partial charge in [0.1, 0.15) is 11.7 Å². The fourth-order valence-corrected chi connectivity index (χ4v) is 4.52. The molecule has 0 radical (unpaired) electrons. The lowest BCUT2D eigenvalue weighted by atomic mass is 9.91. The monoisotopic (exact) mass is 342 g/mol. The van der Waals surface area contributed by atoms with Crippen molar-refractivity contribution in [2.24, 2.45) is 5.92 Å². The molecule has 9 nitrogen and oxygen atoms in total. The summed E-state index contributed by atoms with van der Waals surface area (Å²) in [5.74, 6) is -0.223. The molecule has 2 saturated heterocycles. The Morgan fingerprint density at radius 2 is 2.35 bits per heavy atom. The van der Waals surface area contributed by atoms with Gasteiger partial charge in [-0.25, -0.2) is 4.31 Å². The Balaban J connectivity index is 1.90. The number of H-pyrrole nitrogens is 1. The minimum atomic E-state index is -2.42. The number of carbonyl (C=O) groups excluding carboxylic acids is 1. The van der Waals surface area contributed by atoms with Crippen LogP contribution in [-0.2, 0) is 27.3 Å². The molecule has 128 valence electrons. The van der Waals surface area contributed by atoms with E-state index < -0.39 is 17.3 Å². The second-order valence-electron chi connectivity index (χ2n) is 5.99. The normalized spacial score (nSPS) is 30.3. The number of aromatic amines is 1. The third-order valence-electron chi connectivity index (χ3n) is 4.58. The van der Waals surface area contributed by atoms with Crippen LogP contribution in [0.4, 0.5) is 0 Å². The standard InChI is InChI=1S/C13H21N5O4S/c1-22-8-9-6-17(7-10-5-14-16-15-10)13(19)12-4-2-3-11(9)18(12)23(20)21/h5,9,11-12H,2-4,6-8H2,1H3,(H,20,21)(H,14,15,16)/p-1/t9-,11?,12?/m1/s1. The molecule has 3 heterocycles. The van der Waals surface area contributed by atoms with E-state index in [-0.39, 0.29) is 17.9 Å². The van der Waals surface area contributed by atoms with Gasteiger partial charge in [0, 0.05) is 36.9 Å². The largest absolute Gasteiger partial charge is 0.760 e. The van der Waals surface area contributed by atoms with Crippen molar-refractivity contribution in [2.75, 3.05) is 20.3 Å². The minimum Gasteiger partial charge on any atom is -0.760 e. The Morgan fingerprint density at radius 1 is 1.52 bits per heavy atom. The SMILES string of the molecule is COC[C@H]1CN(Cc2cn[nH]n2)C(=O)C2CCCC1N2S(=O)[O-]. The zero-order valence-corrected chi connectivity index (χ0v) is 13.7. The maximum Gasteiger partial charge on any atom is 0.241 e. The van der Waals surface area contributed by atoms with Crippen molar-refractivity contribution in [1.29, 1.82) is 0 Å². The smallest absolute Gasteiger partial charge is 0.241 e. The fourth-order valence-electron chi connectivity index (χ4n) is 3.62. The maximum atomic E-state index is 12.9. The molecule has 0 aromatic carbocycles. The first kappa shape index (κ1) is 16.5. The van der Waals surface area contributed by atoms with Gasteiger partial charge in [0.05, 0.1) is 19.3 Å². The summed E-state index contributed by atoms with van der Waals surface area (Å²) >= 11 is -2.42. The van der Waals surface area contributed by atoms with Gasteiger partial charge in [0.25, 0.3) is 0 Å². The number of rotatable bonds is 5. The summed E-state index contributed by atoms with van der Waals surface area (Å²) in [7, 11) is 1.59. The molecule has 2 aliphatic heterocycles. The summed E-state index contributed by atoms with van der Waals surface area (Å²) in [4.78, 5) is 14.5. The van der Waals surface area contributed by atoms with Crippen LogP contribution in [0.3, 0.4) is 0 Å². The molecule has 3 unspecified atom stereocenters. The molecule has 2 aliphatic rings. The van der Waals surface area contributed by atoms with E-state index in [0.717, 1.165) is 12.8 Å². The van der Waals surface area contributed by atoms with E-state index in [1.54, 1.807) is 18.2 Å². The van der Waals surface area contributed by atoms with Crippen molar-refractivity contribution in [2.45, 2.75) is 37.9 Å². The highest BCUT2D eigenvalue weighted by Gasteiger charge is 2.45. The number of aromatic nitrogens is 3. The molecular formula is C13H20N5O4S-. The molecule has 1 aromatic heterocycles. The van der Waals surface area contributed by atoms with E-state index in [1.165, 1.54) is 4.31 Å². The second kappa shape index (κ2) is 7.04. The molecular weight excluding hydrogens is 322 g/mol. The number of hydrogen-bond donors (Lipinski definition) is 1. The summed E-state index contributed by atoms with van der Waals surface area (Å²) in [6.45, 7) is 1.18. The molecule has 1 aromatic rings. The van der Waals surface area contributed by atoms with Gasteiger partial charge in [0.2, 0.25) is 5.91 Å². The predicted octanol–water partition coefficient (Wildman–Crippen LogP) is -0.573. The number of nitrogens with zero attached hydrogens (tertiary/aromatic N) is 4. The van der Waals surface area contributed by atoms with Gasteiger partial charge < -0.3 is 14.2 Å². The molecule has 0 saturated carbocycles. The van der Waals surface area contributed by atoms with Crippen LogP contribution < -0.4 is 0 Å². The number of methoxy groups -OCH3 is 1. The number of ether oxygens (including phenoxy) is 1. The van der Waals surface area contributed by atoms with Crippen LogP contribution >= 0.6 is 0 Å². The molecule has 2 fully saturated rings. The van der Waals surface area contributed by atoms with Crippen LogP contribution in [0.2, 0.25) is 0 Å². The third kappa shape index (κ3) is 3.30. The van der Waals surface area contributed by atoms with E-state index in [0.29, 0.717) is 31.8 Å². The van der Waals surface area contributed by atoms with E-state index >= 15 is 0 Å². The fraction of sp³-hybridized carbons (Fsp3) is 0.769. The van der Waals surface area contributed by atoms with Crippen molar-refractivity contribution < 1.29 is 18.3 Å². The highest BCUT2D eigenvalue weighted by molar-refractivity contribution is 7.76. The van der Waals surface area contributed by atoms with Crippen LogP contribution in [0.1, 0.15) is 25.0 Å². The summed E-state index contributed by atoms with van der Waals surface area (Å²) in [5, 5.41) is 10.3. The van der Waals surface area contributed by atoms with Gasteiger partial charge in [-0.3, -0.25) is 9.00 Å². The molecule has 0 spiro atoms. The highest BCUT2D eigenvalue weighted by atomic mass is 32.2. The lowest BCUT2D eigenvalue weighted by Crippen LogP contribution is -2.53. The predicted molar refractivity (Wildman–Crippen MR) is 79.4 cm³/mol. The van der Waals surface area contributed by atoms with Gasteiger partial charge in [-0.2, -0.15) is 15.4 Å². The van der Waals surface area contributed by atoms with Crippen molar-refractivity contribution in [3.8, 4) is 0 Å². The third-order valence-corrected chi connectivity index (χ3v) is 5.45. The molecule has 23 heavy (non-hydrogen) atoms. The zero-order chi connectivity index (χ0) is 16.4. The lowest BCUT2D eigenvalue weighted by molar-refractivity contribution is -0.135. The van der Waals surface area contributed by atoms with Crippen molar-refractivity contribution in [1.82, 2.24) is 24.6 Å². The van der Waals surface area contributed by atoms with Gasteiger partial charge >= 0.3 is 0 Å². The summed E-state index contributed by atoms with van der Waals surface area (Å²) < 4.78 is 30.1. The Kier molecular flexibility index (Phi) is 5.05. The number of piperidine rings is 1.